The van der Waals surface area contributed by atoms with Crippen LogP contribution in [0.1, 0.15) is 86.8 Å². The highest BCUT2D eigenvalue weighted by molar-refractivity contribution is 6.31. The number of aromatic nitrogens is 3. The number of ether oxygens (including phenoxy) is 1. The number of nitrogens with zero attached hydrogens (tertiary/aromatic N) is 7. The molecule has 0 bridgehead atoms. The standard InChI is InChI=1S/C43H50ClN9O4.ClH/c1-28(52-23-17-35-38(52)3-2-4-39(35)53-24-18-41(54)47-43(53)56)30-15-19-50(20-16-30)27-29-13-21-51(22-14-29)40-12-11-37(48-49-40)42(55)46-32-6-9-33(10-7-32)57-34-8-5-31(26-45)36(44)25-34;/h2-5,8,11-12,17,23,25,28-30,32-33H,6-7,9-10,13-16,18-22,24,27H2,1H3,(H,46,55)(H,47,54,56);1H/t28?,32-,33-;. The summed E-state index contributed by atoms with van der Waals surface area (Å²) in [5.41, 5.74) is 2.73. The summed E-state index contributed by atoms with van der Waals surface area (Å²) >= 11 is 6.16. The number of carbonyl (C=O) groups excluding carboxylic acids is 3. The number of hydrogen-bond acceptors (Lipinski definition) is 9. The summed E-state index contributed by atoms with van der Waals surface area (Å²) in [5.74, 6) is 2.26. The predicted molar refractivity (Wildman–Crippen MR) is 226 cm³/mol. The van der Waals surface area contributed by atoms with Crippen LogP contribution >= 0.6 is 24.0 Å². The lowest BCUT2D eigenvalue weighted by atomic mass is 9.88. The van der Waals surface area contributed by atoms with Crippen molar-refractivity contribution in [2.45, 2.75) is 82.9 Å². The first-order chi connectivity index (χ1) is 27.7. The zero-order valence-corrected chi connectivity index (χ0v) is 34.4. The molecule has 15 heteroatoms. The summed E-state index contributed by atoms with van der Waals surface area (Å²) in [7, 11) is 0. The number of imide groups is 1. The van der Waals surface area contributed by atoms with E-state index < -0.39 is 0 Å². The van der Waals surface area contributed by atoms with Crippen molar-refractivity contribution in [3.05, 3.63) is 77.1 Å². The van der Waals surface area contributed by atoms with E-state index in [1.54, 1.807) is 29.2 Å². The number of nitriles is 1. The highest BCUT2D eigenvalue weighted by Crippen LogP contribution is 2.36. The third-order valence-electron chi connectivity index (χ3n) is 12.5. The smallest absolute Gasteiger partial charge is 0.328 e. The molecule has 0 radical (unpaired) electrons. The van der Waals surface area contributed by atoms with Crippen LogP contribution in [0.5, 0.6) is 5.75 Å². The number of benzene rings is 2. The molecule has 4 fully saturated rings. The molecule has 1 saturated carbocycles. The SMILES string of the molecule is CC(C1CCN(CC2CCN(c3ccc(C(=O)N[C@H]4CC[C@H](Oc5ccc(C#N)c(Cl)c5)CC4)nn3)CC2)CC1)n1ccc2c(N3CCC(=O)NC3=O)cccc21.Cl. The van der Waals surface area contributed by atoms with Crippen LogP contribution in [-0.2, 0) is 4.79 Å². The van der Waals surface area contributed by atoms with Crippen molar-refractivity contribution in [3.63, 3.8) is 0 Å². The molecule has 5 heterocycles. The van der Waals surface area contributed by atoms with E-state index in [1.807, 2.05) is 18.2 Å². The zero-order chi connectivity index (χ0) is 39.5. The first kappa shape index (κ1) is 41.3. The topological polar surface area (TPSA) is 149 Å². The molecular formula is C43H51Cl2N9O4. The van der Waals surface area contributed by atoms with Crippen molar-refractivity contribution in [3.8, 4) is 11.8 Å². The molecular weight excluding hydrogens is 777 g/mol. The number of hydrogen-bond donors (Lipinski definition) is 2. The Morgan fingerprint density at radius 1 is 0.966 bits per heavy atom. The van der Waals surface area contributed by atoms with Gasteiger partial charge in [0.25, 0.3) is 5.91 Å². The van der Waals surface area contributed by atoms with Crippen molar-refractivity contribution in [1.82, 2.24) is 30.3 Å². The van der Waals surface area contributed by atoms with Crippen LogP contribution in [0.4, 0.5) is 16.3 Å². The summed E-state index contributed by atoms with van der Waals surface area (Å²) in [5, 5.41) is 24.9. The molecule has 1 unspecified atom stereocenters. The predicted octanol–water partition coefficient (Wildman–Crippen LogP) is 7.13. The fourth-order valence-corrected chi connectivity index (χ4v) is 9.38. The number of likely N-dealkylation sites (tertiary alicyclic amines) is 1. The maximum atomic E-state index is 13.0. The van der Waals surface area contributed by atoms with Gasteiger partial charge in [-0.05, 0) is 126 Å². The summed E-state index contributed by atoms with van der Waals surface area (Å²) in [6, 6.07) is 19.1. The number of fused-ring (bicyclic) bond motifs is 1. The van der Waals surface area contributed by atoms with Gasteiger partial charge in [-0.15, -0.1) is 22.6 Å². The van der Waals surface area contributed by atoms with Gasteiger partial charge in [-0.3, -0.25) is 19.8 Å². The third kappa shape index (κ3) is 9.20. The average molecular weight is 829 g/mol. The van der Waals surface area contributed by atoms with Gasteiger partial charge in [0, 0.05) is 62.3 Å². The largest absolute Gasteiger partial charge is 0.490 e. The van der Waals surface area contributed by atoms with E-state index in [1.165, 1.54) is 0 Å². The lowest BCUT2D eigenvalue weighted by molar-refractivity contribution is -0.120. The summed E-state index contributed by atoms with van der Waals surface area (Å²) in [6.07, 6.45) is 10.2. The van der Waals surface area contributed by atoms with Gasteiger partial charge in [0.05, 0.1) is 27.9 Å². The first-order valence-corrected chi connectivity index (χ1v) is 20.8. The Balaban J connectivity index is 0.00000512. The van der Waals surface area contributed by atoms with Crippen molar-refractivity contribution >= 4 is 64.3 Å². The van der Waals surface area contributed by atoms with Crippen LogP contribution in [-0.4, -0.2) is 88.9 Å². The van der Waals surface area contributed by atoms with Crippen LogP contribution < -0.4 is 25.2 Å². The zero-order valence-electron chi connectivity index (χ0n) is 32.8. The number of piperidine rings is 2. The highest BCUT2D eigenvalue weighted by atomic mass is 35.5. The van der Waals surface area contributed by atoms with Crippen LogP contribution in [0.25, 0.3) is 10.9 Å². The second kappa shape index (κ2) is 18.4. The van der Waals surface area contributed by atoms with E-state index in [9.17, 15) is 14.4 Å². The molecule has 4 aromatic rings. The lowest BCUT2D eigenvalue weighted by Crippen LogP contribution is -2.49. The second-order valence-electron chi connectivity index (χ2n) is 16.1. The summed E-state index contributed by atoms with van der Waals surface area (Å²) in [6.45, 7) is 7.88. The van der Waals surface area contributed by atoms with Crippen LogP contribution in [0.2, 0.25) is 5.02 Å². The second-order valence-corrected chi connectivity index (χ2v) is 16.5. The Morgan fingerprint density at radius 3 is 2.43 bits per heavy atom. The fourth-order valence-electron chi connectivity index (χ4n) is 9.16. The molecule has 2 aromatic heterocycles. The van der Waals surface area contributed by atoms with E-state index in [2.05, 4.69) is 66.5 Å². The molecule has 4 amide bonds. The van der Waals surface area contributed by atoms with Gasteiger partial charge in [0.1, 0.15) is 11.8 Å². The van der Waals surface area contributed by atoms with E-state index in [0.717, 1.165) is 106 Å². The monoisotopic (exact) mass is 827 g/mol. The number of rotatable bonds is 10. The fraction of sp³-hybridized carbons (Fsp3) is 0.488. The molecule has 2 N–H and O–H groups in total. The molecule has 1 atom stereocenters. The molecule has 3 saturated heterocycles. The molecule has 3 aliphatic heterocycles. The Hall–Kier alpha value is -4.90. The van der Waals surface area contributed by atoms with Crippen LogP contribution in [0, 0.1) is 23.2 Å². The van der Waals surface area contributed by atoms with Gasteiger partial charge < -0.3 is 24.4 Å². The van der Waals surface area contributed by atoms with Gasteiger partial charge >= 0.3 is 6.03 Å². The normalized spacial score (nSPS) is 21.5. The molecule has 306 valence electrons. The van der Waals surface area contributed by atoms with Gasteiger partial charge in [-0.1, -0.05) is 17.7 Å². The van der Waals surface area contributed by atoms with Gasteiger partial charge in [0.15, 0.2) is 11.5 Å². The number of amides is 4. The minimum Gasteiger partial charge on any atom is -0.490 e. The maximum Gasteiger partial charge on any atom is 0.328 e. The summed E-state index contributed by atoms with van der Waals surface area (Å²) < 4.78 is 8.46. The van der Waals surface area contributed by atoms with E-state index in [-0.39, 0.29) is 42.4 Å². The first-order valence-electron chi connectivity index (χ1n) is 20.4. The Morgan fingerprint density at radius 2 is 1.74 bits per heavy atom. The van der Waals surface area contributed by atoms with Crippen molar-refractivity contribution < 1.29 is 19.1 Å². The minimum atomic E-state index is -0.353. The molecule has 2 aromatic carbocycles. The van der Waals surface area contributed by atoms with E-state index in [4.69, 9.17) is 21.6 Å². The molecule has 1 aliphatic carbocycles. The van der Waals surface area contributed by atoms with Gasteiger partial charge in [-0.2, -0.15) is 5.26 Å². The molecule has 58 heavy (non-hydrogen) atoms. The third-order valence-corrected chi connectivity index (χ3v) is 12.9. The van der Waals surface area contributed by atoms with Gasteiger partial charge in [0.2, 0.25) is 5.91 Å². The highest BCUT2D eigenvalue weighted by Gasteiger charge is 2.31. The Labute approximate surface area is 350 Å². The van der Waals surface area contributed by atoms with Crippen molar-refractivity contribution in [2.75, 3.05) is 49.1 Å². The number of carbonyl (C=O) groups is 3. The maximum absolute atomic E-state index is 13.0. The minimum absolute atomic E-state index is 0. The Bertz CT molecular complexity index is 2130. The number of anilines is 2. The van der Waals surface area contributed by atoms with Crippen molar-refractivity contribution in [1.29, 1.82) is 5.26 Å². The van der Waals surface area contributed by atoms with Crippen LogP contribution in [0.3, 0.4) is 0 Å². The van der Waals surface area contributed by atoms with Crippen molar-refractivity contribution in [2.24, 2.45) is 11.8 Å². The summed E-state index contributed by atoms with van der Waals surface area (Å²) in [4.78, 5) is 43.9. The Kier molecular flexibility index (Phi) is 13.1. The van der Waals surface area contributed by atoms with E-state index >= 15 is 0 Å². The van der Waals surface area contributed by atoms with Gasteiger partial charge in [-0.25, -0.2) is 4.79 Å². The van der Waals surface area contributed by atoms with E-state index in [0.29, 0.717) is 52.9 Å². The van der Waals surface area contributed by atoms with Crippen LogP contribution in [0.15, 0.2) is 60.8 Å². The number of urea groups is 1. The number of halogens is 2. The molecule has 4 aliphatic rings. The lowest BCUT2D eigenvalue weighted by Gasteiger charge is -2.39. The molecule has 0 spiro atoms. The molecule has 8 rings (SSSR count). The average Bonchev–Trinajstić information content (AvgIpc) is 3.67. The number of nitrogens with one attached hydrogen (secondary N) is 2. The molecule has 13 nitrogen and oxygen atoms in total. The quantitative estimate of drug-likeness (QED) is 0.170.